The third-order valence-electron chi connectivity index (χ3n) is 3.41. The van der Waals surface area contributed by atoms with Crippen LogP contribution in [0.4, 0.5) is 4.39 Å². The van der Waals surface area contributed by atoms with Crippen LogP contribution in [0.15, 0.2) is 22.7 Å². The Kier molecular flexibility index (Phi) is 5.29. The molecule has 1 aliphatic rings. The summed E-state index contributed by atoms with van der Waals surface area (Å²) < 4.78 is 14.7. The van der Waals surface area contributed by atoms with Gasteiger partial charge in [-0.3, -0.25) is 0 Å². The van der Waals surface area contributed by atoms with Gasteiger partial charge in [0, 0.05) is 42.8 Å². The summed E-state index contributed by atoms with van der Waals surface area (Å²) in [6.07, 6.45) is 0. The molecule has 1 aliphatic heterocycles. The summed E-state index contributed by atoms with van der Waals surface area (Å²) in [6, 6.07) is 4.76. The SMILES string of the molecule is CN1CCN(NC(CN)c2cc(Br)ccc2F)CC1. The molecule has 0 amide bonds. The molecule has 0 bridgehead atoms. The maximum atomic E-state index is 13.9. The van der Waals surface area contributed by atoms with E-state index in [0.29, 0.717) is 12.1 Å². The Morgan fingerprint density at radius 2 is 2.05 bits per heavy atom. The summed E-state index contributed by atoms with van der Waals surface area (Å²) in [6.45, 7) is 4.21. The molecule has 3 N–H and O–H groups in total. The molecule has 106 valence electrons. The van der Waals surface area contributed by atoms with Crippen molar-refractivity contribution in [2.24, 2.45) is 5.73 Å². The molecule has 0 aliphatic carbocycles. The lowest BCUT2D eigenvalue weighted by Gasteiger charge is -2.35. The van der Waals surface area contributed by atoms with Crippen molar-refractivity contribution in [3.05, 3.63) is 34.1 Å². The van der Waals surface area contributed by atoms with Gasteiger partial charge in [0.2, 0.25) is 0 Å². The number of rotatable bonds is 4. The normalized spacial score (nSPS) is 19.6. The van der Waals surface area contributed by atoms with E-state index in [2.05, 4.69) is 38.3 Å². The molecule has 1 aromatic rings. The number of nitrogens with one attached hydrogen (secondary N) is 1. The zero-order chi connectivity index (χ0) is 13.8. The molecular formula is C13H20BrFN4. The first-order chi connectivity index (χ1) is 9.10. The zero-order valence-electron chi connectivity index (χ0n) is 11.1. The van der Waals surface area contributed by atoms with Crippen LogP contribution in [0.2, 0.25) is 0 Å². The molecule has 0 aromatic heterocycles. The van der Waals surface area contributed by atoms with Gasteiger partial charge < -0.3 is 10.6 Å². The number of hydrogen-bond donors (Lipinski definition) is 2. The Bertz CT molecular complexity index is 421. The van der Waals surface area contributed by atoms with Crippen molar-refractivity contribution in [1.29, 1.82) is 0 Å². The summed E-state index contributed by atoms with van der Waals surface area (Å²) >= 11 is 3.37. The van der Waals surface area contributed by atoms with Crippen LogP contribution in [0, 0.1) is 5.82 Å². The largest absolute Gasteiger partial charge is 0.329 e. The molecule has 1 fully saturated rings. The first-order valence-electron chi connectivity index (χ1n) is 6.45. The molecule has 19 heavy (non-hydrogen) atoms. The first-order valence-corrected chi connectivity index (χ1v) is 7.24. The highest BCUT2D eigenvalue weighted by Crippen LogP contribution is 2.21. The molecule has 6 heteroatoms. The van der Waals surface area contributed by atoms with Gasteiger partial charge in [-0.05, 0) is 25.2 Å². The maximum absolute atomic E-state index is 13.9. The van der Waals surface area contributed by atoms with Gasteiger partial charge in [0.25, 0.3) is 0 Å². The zero-order valence-corrected chi connectivity index (χ0v) is 12.7. The average Bonchev–Trinajstić information content (AvgIpc) is 2.41. The standard InChI is InChI=1S/C13H20BrFN4/c1-18-4-6-19(7-5-18)17-13(9-16)11-8-10(14)2-3-12(11)15/h2-3,8,13,17H,4-7,9,16H2,1H3. The van der Waals surface area contributed by atoms with Crippen molar-refractivity contribution < 1.29 is 4.39 Å². The van der Waals surface area contributed by atoms with Gasteiger partial charge in [-0.2, -0.15) is 0 Å². The van der Waals surface area contributed by atoms with Crippen LogP contribution in [0.25, 0.3) is 0 Å². The molecule has 4 nitrogen and oxygen atoms in total. The minimum atomic E-state index is -0.222. The Morgan fingerprint density at radius 1 is 1.37 bits per heavy atom. The number of likely N-dealkylation sites (N-methyl/N-ethyl adjacent to an activating group) is 1. The second kappa shape index (κ2) is 6.76. The average molecular weight is 331 g/mol. The van der Waals surface area contributed by atoms with Crippen LogP contribution >= 0.6 is 15.9 Å². The third kappa shape index (κ3) is 3.97. The molecule has 0 saturated carbocycles. The van der Waals surface area contributed by atoms with Gasteiger partial charge in [0.05, 0.1) is 6.04 Å². The lowest BCUT2D eigenvalue weighted by Crippen LogP contribution is -2.52. The molecule has 2 rings (SSSR count). The number of halogens is 2. The van der Waals surface area contributed by atoms with E-state index in [-0.39, 0.29) is 11.9 Å². The highest BCUT2D eigenvalue weighted by molar-refractivity contribution is 9.10. The second-order valence-corrected chi connectivity index (χ2v) is 5.79. The smallest absolute Gasteiger partial charge is 0.128 e. The highest BCUT2D eigenvalue weighted by Gasteiger charge is 2.20. The van der Waals surface area contributed by atoms with Crippen molar-refractivity contribution in [2.45, 2.75) is 6.04 Å². The van der Waals surface area contributed by atoms with Gasteiger partial charge in [-0.15, -0.1) is 0 Å². The highest BCUT2D eigenvalue weighted by atomic mass is 79.9. The summed E-state index contributed by atoms with van der Waals surface area (Å²) in [5.74, 6) is -0.222. The van der Waals surface area contributed by atoms with Crippen LogP contribution < -0.4 is 11.2 Å². The third-order valence-corrected chi connectivity index (χ3v) is 3.90. The van der Waals surface area contributed by atoms with Crippen LogP contribution in [0.5, 0.6) is 0 Å². The predicted molar refractivity (Wildman–Crippen MR) is 78.1 cm³/mol. The van der Waals surface area contributed by atoms with Crippen LogP contribution in [-0.2, 0) is 0 Å². The number of benzene rings is 1. The van der Waals surface area contributed by atoms with Crippen molar-refractivity contribution in [3.8, 4) is 0 Å². The topological polar surface area (TPSA) is 44.5 Å². The molecule has 0 radical (unpaired) electrons. The van der Waals surface area contributed by atoms with E-state index in [1.807, 2.05) is 0 Å². The second-order valence-electron chi connectivity index (χ2n) is 4.87. The fourth-order valence-corrected chi connectivity index (χ4v) is 2.57. The molecule has 1 atom stereocenters. The maximum Gasteiger partial charge on any atom is 0.128 e. The Balaban J connectivity index is 2.05. The molecule has 0 spiro atoms. The van der Waals surface area contributed by atoms with Gasteiger partial charge in [0.15, 0.2) is 0 Å². The van der Waals surface area contributed by atoms with Crippen molar-refractivity contribution in [3.63, 3.8) is 0 Å². The molecular weight excluding hydrogens is 311 g/mol. The van der Waals surface area contributed by atoms with Crippen molar-refractivity contribution in [2.75, 3.05) is 39.8 Å². The number of hydrogen-bond acceptors (Lipinski definition) is 4. The Labute approximate surface area is 121 Å². The minimum Gasteiger partial charge on any atom is -0.329 e. The van der Waals surface area contributed by atoms with E-state index < -0.39 is 0 Å². The van der Waals surface area contributed by atoms with E-state index >= 15 is 0 Å². The molecule has 1 heterocycles. The monoisotopic (exact) mass is 330 g/mol. The summed E-state index contributed by atoms with van der Waals surface area (Å²) in [5.41, 5.74) is 9.73. The van der Waals surface area contributed by atoms with Crippen LogP contribution in [0.3, 0.4) is 0 Å². The predicted octanol–water partition coefficient (Wildman–Crippen LogP) is 1.34. The van der Waals surface area contributed by atoms with Gasteiger partial charge in [-0.25, -0.2) is 14.8 Å². The molecule has 1 saturated heterocycles. The number of hydrazine groups is 1. The molecule has 1 unspecified atom stereocenters. The van der Waals surface area contributed by atoms with E-state index in [1.54, 1.807) is 12.1 Å². The summed E-state index contributed by atoms with van der Waals surface area (Å²) in [5, 5.41) is 2.12. The van der Waals surface area contributed by atoms with Gasteiger partial charge in [0.1, 0.15) is 5.82 Å². The summed E-state index contributed by atoms with van der Waals surface area (Å²) in [7, 11) is 2.10. The van der Waals surface area contributed by atoms with E-state index in [1.165, 1.54) is 6.07 Å². The van der Waals surface area contributed by atoms with Crippen molar-refractivity contribution >= 4 is 15.9 Å². The van der Waals surface area contributed by atoms with Gasteiger partial charge >= 0.3 is 0 Å². The summed E-state index contributed by atoms with van der Waals surface area (Å²) in [4.78, 5) is 2.27. The fourth-order valence-electron chi connectivity index (χ4n) is 2.19. The van der Waals surface area contributed by atoms with Crippen LogP contribution in [0.1, 0.15) is 11.6 Å². The van der Waals surface area contributed by atoms with E-state index in [4.69, 9.17) is 5.73 Å². The van der Waals surface area contributed by atoms with E-state index in [0.717, 1.165) is 30.7 Å². The minimum absolute atomic E-state index is 0.194. The number of piperazine rings is 1. The lowest BCUT2D eigenvalue weighted by atomic mass is 10.1. The fraction of sp³-hybridized carbons (Fsp3) is 0.538. The van der Waals surface area contributed by atoms with E-state index in [9.17, 15) is 4.39 Å². The van der Waals surface area contributed by atoms with Gasteiger partial charge in [-0.1, -0.05) is 15.9 Å². The quantitative estimate of drug-likeness (QED) is 0.874. The Hall–Kier alpha value is -0.530. The first kappa shape index (κ1) is 14.9. The number of nitrogens with two attached hydrogens (primary N) is 1. The lowest BCUT2D eigenvalue weighted by molar-refractivity contribution is 0.0873. The Morgan fingerprint density at radius 3 is 2.68 bits per heavy atom. The van der Waals surface area contributed by atoms with Crippen molar-refractivity contribution in [1.82, 2.24) is 15.3 Å². The van der Waals surface area contributed by atoms with Crippen LogP contribution in [-0.4, -0.2) is 49.7 Å². The number of nitrogens with zero attached hydrogens (tertiary/aromatic N) is 2. The molecule has 1 aromatic carbocycles.